The van der Waals surface area contributed by atoms with Crippen molar-refractivity contribution in [3.05, 3.63) is 28.5 Å². The Labute approximate surface area is 125 Å². The fourth-order valence-corrected chi connectivity index (χ4v) is 2.50. The number of nitrogens with two attached hydrogens (primary N) is 1. The van der Waals surface area contributed by atoms with Crippen LogP contribution in [0.5, 0.6) is 5.75 Å². The number of carbonyl (C=O) groups excluding carboxylic acids is 1. The van der Waals surface area contributed by atoms with E-state index in [9.17, 15) is 9.18 Å². The van der Waals surface area contributed by atoms with Crippen molar-refractivity contribution in [2.24, 2.45) is 5.73 Å². The van der Waals surface area contributed by atoms with E-state index >= 15 is 0 Å². The van der Waals surface area contributed by atoms with Crippen molar-refractivity contribution in [1.29, 1.82) is 0 Å². The number of primary amides is 1. The smallest absolute Gasteiger partial charge is 0.237 e. The van der Waals surface area contributed by atoms with Crippen LogP contribution in [0.15, 0.2) is 22.7 Å². The minimum absolute atomic E-state index is 0.306. The molecular weight excluding hydrogens is 331 g/mol. The predicted octanol–water partition coefficient (Wildman–Crippen LogP) is 1.15. The second kappa shape index (κ2) is 7.01. The van der Waals surface area contributed by atoms with Gasteiger partial charge in [-0.2, -0.15) is 0 Å². The number of ether oxygens (including phenoxy) is 2. The highest BCUT2D eigenvalue weighted by Crippen LogP contribution is 2.20. The van der Waals surface area contributed by atoms with E-state index in [0.29, 0.717) is 43.1 Å². The second-order valence-corrected chi connectivity index (χ2v) is 5.40. The van der Waals surface area contributed by atoms with Crippen molar-refractivity contribution in [2.45, 2.75) is 6.04 Å². The first-order valence-electron chi connectivity index (χ1n) is 6.26. The molecule has 0 saturated carbocycles. The fraction of sp³-hybridized carbons (Fsp3) is 0.462. The van der Waals surface area contributed by atoms with E-state index < -0.39 is 11.9 Å². The molecule has 0 aromatic heterocycles. The van der Waals surface area contributed by atoms with Gasteiger partial charge in [0.2, 0.25) is 5.91 Å². The SMILES string of the molecule is NC(=O)[C@H]1COCCN1CCOc1cc(F)cc(Br)c1. The van der Waals surface area contributed by atoms with Crippen LogP contribution in [0.4, 0.5) is 4.39 Å². The average Bonchev–Trinajstić information content (AvgIpc) is 2.38. The van der Waals surface area contributed by atoms with Gasteiger partial charge >= 0.3 is 0 Å². The molecule has 0 unspecified atom stereocenters. The van der Waals surface area contributed by atoms with Gasteiger partial charge in [-0.15, -0.1) is 0 Å². The number of rotatable bonds is 5. The highest BCUT2D eigenvalue weighted by molar-refractivity contribution is 9.10. The molecule has 1 amide bonds. The normalized spacial score (nSPS) is 19.8. The van der Waals surface area contributed by atoms with Crippen LogP contribution in [0.3, 0.4) is 0 Å². The Morgan fingerprint density at radius 1 is 1.55 bits per heavy atom. The van der Waals surface area contributed by atoms with Crippen LogP contribution in [-0.4, -0.2) is 49.8 Å². The number of amides is 1. The van der Waals surface area contributed by atoms with E-state index in [1.807, 2.05) is 4.90 Å². The van der Waals surface area contributed by atoms with Crippen LogP contribution in [0.25, 0.3) is 0 Å². The van der Waals surface area contributed by atoms with Crippen molar-refractivity contribution in [2.75, 3.05) is 32.9 Å². The van der Waals surface area contributed by atoms with Crippen molar-refractivity contribution in [3.8, 4) is 5.75 Å². The van der Waals surface area contributed by atoms with Crippen LogP contribution in [-0.2, 0) is 9.53 Å². The number of halogens is 2. The number of nitrogens with zero attached hydrogens (tertiary/aromatic N) is 1. The molecule has 110 valence electrons. The molecule has 0 spiro atoms. The number of hydrogen-bond donors (Lipinski definition) is 1. The molecule has 0 aliphatic carbocycles. The lowest BCUT2D eigenvalue weighted by molar-refractivity contribution is -0.129. The van der Waals surface area contributed by atoms with Gasteiger partial charge in [0.05, 0.1) is 13.2 Å². The largest absolute Gasteiger partial charge is 0.492 e. The lowest BCUT2D eigenvalue weighted by Gasteiger charge is -2.33. The van der Waals surface area contributed by atoms with Crippen LogP contribution < -0.4 is 10.5 Å². The molecule has 1 aliphatic heterocycles. The Kier molecular flexibility index (Phi) is 5.33. The van der Waals surface area contributed by atoms with E-state index in [1.165, 1.54) is 12.1 Å². The zero-order chi connectivity index (χ0) is 14.5. The Bertz CT molecular complexity index is 466. The minimum Gasteiger partial charge on any atom is -0.492 e. The summed E-state index contributed by atoms with van der Waals surface area (Å²) in [4.78, 5) is 13.2. The first kappa shape index (κ1) is 15.2. The minimum atomic E-state index is -0.424. The molecule has 7 heteroatoms. The third-order valence-corrected chi connectivity index (χ3v) is 3.51. The Balaban J connectivity index is 1.86. The van der Waals surface area contributed by atoms with E-state index in [1.54, 1.807) is 6.07 Å². The highest BCUT2D eigenvalue weighted by atomic mass is 79.9. The summed E-state index contributed by atoms with van der Waals surface area (Å²) in [6.45, 7) is 2.38. The zero-order valence-electron chi connectivity index (χ0n) is 10.9. The summed E-state index contributed by atoms with van der Waals surface area (Å²) >= 11 is 3.20. The lowest BCUT2D eigenvalue weighted by atomic mass is 10.2. The molecule has 1 aromatic carbocycles. The van der Waals surface area contributed by atoms with Crippen LogP contribution >= 0.6 is 15.9 Å². The van der Waals surface area contributed by atoms with E-state index in [-0.39, 0.29) is 5.82 Å². The highest BCUT2D eigenvalue weighted by Gasteiger charge is 2.27. The maximum absolute atomic E-state index is 13.2. The second-order valence-electron chi connectivity index (χ2n) is 4.48. The van der Waals surface area contributed by atoms with Crippen LogP contribution in [0.2, 0.25) is 0 Å². The van der Waals surface area contributed by atoms with Crippen LogP contribution in [0.1, 0.15) is 0 Å². The summed E-state index contributed by atoms with van der Waals surface area (Å²) in [6.07, 6.45) is 0. The van der Waals surface area contributed by atoms with Crippen molar-refractivity contribution in [1.82, 2.24) is 4.90 Å². The van der Waals surface area contributed by atoms with Gasteiger partial charge in [0.25, 0.3) is 0 Å². The van der Waals surface area contributed by atoms with Gasteiger partial charge < -0.3 is 15.2 Å². The molecule has 1 fully saturated rings. The third-order valence-electron chi connectivity index (χ3n) is 3.05. The summed E-state index contributed by atoms with van der Waals surface area (Å²) in [7, 11) is 0. The first-order valence-corrected chi connectivity index (χ1v) is 7.05. The van der Waals surface area contributed by atoms with E-state index in [2.05, 4.69) is 15.9 Å². The molecule has 2 rings (SSSR count). The maximum Gasteiger partial charge on any atom is 0.237 e. The monoisotopic (exact) mass is 346 g/mol. The molecule has 2 N–H and O–H groups in total. The number of hydrogen-bond acceptors (Lipinski definition) is 4. The predicted molar refractivity (Wildman–Crippen MR) is 75.0 cm³/mol. The number of morpholine rings is 1. The standard InChI is InChI=1S/C13H16BrFN2O3/c14-9-5-10(15)7-11(6-9)20-4-2-17-1-3-19-8-12(17)13(16)18/h5-7,12H,1-4,8H2,(H2,16,18)/t12-/m1/s1. The van der Waals surface area contributed by atoms with Gasteiger partial charge in [-0.1, -0.05) is 15.9 Å². The van der Waals surface area contributed by atoms with Gasteiger partial charge in [0, 0.05) is 23.6 Å². The molecule has 1 heterocycles. The van der Waals surface area contributed by atoms with Gasteiger partial charge in [0.1, 0.15) is 24.2 Å². The van der Waals surface area contributed by atoms with Crippen LogP contribution in [0, 0.1) is 5.82 Å². The molecule has 0 bridgehead atoms. The summed E-state index contributed by atoms with van der Waals surface area (Å²) < 4.78 is 24.5. The fourth-order valence-electron chi connectivity index (χ4n) is 2.06. The summed E-state index contributed by atoms with van der Waals surface area (Å²) in [5, 5.41) is 0. The van der Waals surface area contributed by atoms with Crippen molar-refractivity contribution < 1.29 is 18.7 Å². The Morgan fingerprint density at radius 2 is 2.35 bits per heavy atom. The number of benzene rings is 1. The Hall–Kier alpha value is -1.18. The van der Waals surface area contributed by atoms with E-state index in [4.69, 9.17) is 15.2 Å². The summed E-state index contributed by atoms with van der Waals surface area (Å²) in [5.41, 5.74) is 5.32. The molecular formula is C13H16BrFN2O3. The molecule has 1 atom stereocenters. The quantitative estimate of drug-likeness (QED) is 0.868. The average molecular weight is 347 g/mol. The molecule has 0 radical (unpaired) electrons. The van der Waals surface area contributed by atoms with Gasteiger partial charge in [-0.05, 0) is 12.1 Å². The summed E-state index contributed by atoms with van der Waals surface area (Å²) in [6, 6.07) is 3.94. The van der Waals surface area contributed by atoms with Crippen molar-refractivity contribution >= 4 is 21.8 Å². The van der Waals surface area contributed by atoms with Gasteiger partial charge in [-0.3, -0.25) is 9.69 Å². The Morgan fingerprint density at radius 3 is 3.05 bits per heavy atom. The number of carbonyl (C=O) groups is 1. The third kappa shape index (κ3) is 4.16. The molecule has 1 aliphatic rings. The first-order chi connectivity index (χ1) is 9.56. The van der Waals surface area contributed by atoms with Gasteiger partial charge in [-0.25, -0.2) is 4.39 Å². The maximum atomic E-state index is 13.2. The topological polar surface area (TPSA) is 64.8 Å². The summed E-state index contributed by atoms with van der Waals surface area (Å²) in [5.74, 6) is -0.324. The molecule has 1 saturated heterocycles. The molecule has 1 aromatic rings. The lowest BCUT2D eigenvalue weighted by Crippen LogP contribution is -2.53. The molecule has 5 nitrogen and oxygen atoms in total. The van der Waals surface area contributed by atoms with E-state index in [0.717, 1.165) is 0 Å². The van der Waals surface area contributed by atoms with Gasteiger partial charge in [0.15, 0.2) is 0 Å². The molecule has 20 heavy (non-hydrogen) atoms. The zero-order valence-corrected chi connectivity index (χ0v) is 12.4. The van der Waals surface area contributed by atoms with Crippen molar-refractivity contribution in [3.63, 3.8) is 0 Å².